The van der Waals surface area contributed by atoms with Crippen LogP contribution in [-0.2, 0) is 0 Å². The van der Waals surface area contributed by atoms with Crippen molar-refractivity contribution in [2.75, 3.05) is 19.6 Å². The predicted octanol–water partition coefficient (Wildman–Crippen LogP) is 3.00. The first kappa shape index (κ1) is 16.6. The SMILES string of the molecule is Cl.FC(F)(F)Oc1ccc(Br)cc1[C@@H]1CNCCN1. The fraction of sp³-hybridized carbons (Fsp3) is 0.455. The van der Waals surface area contributed by atoms with Gasteiger partial charge in [0.25, 0.3) is 0 Å². The van der Waals surface area contributed by atoms with Crippen LogP contribution in [0.25, 0.3) is 0 Å². The van der Waals surface area contributed by atoms with Crippen molar-refractivity contribution < 1.29 is 17.9 Å². The summed E-state index contributed by atoms with van der Waals surface area (Å²) in [7, 11) is 0. The summed E-state index contributed by atoms with van der Waals surface area (Å²) in [6.07, 6.45) is -4.68. The number of alkyl halides is 3. The minimum atomic E-state index is -4.68. The summed E-state index contributed by atoms with van der Waals surface area (Å²) in [4.78, 5) is 0. The van der Waals surface area contributed by atoms with Crippen molar-refractivity contribution >= 4 is 28.3 Å². The van der Waals surface area contributed by atoms with Gasteiger partial charge in [0.05, 0.1) is 0 Å². The van der Waals surface area contributed by atoms with Crippen LogP contribution in [0.3, 0.4) is 0 Å². The van der Waals surface area contributed by atoms with Gasteiger partial charge in [-0.25, -0.2) is 0 Å². The largest absolute Gasteiger partial charge is 0.573 e. The third kappa shape index (κ3) is 4.83. The van der Waals surface area contributed by atoms with Gasteiger partial charge in [-0.3, -0.25) is 0 Å². The average Bonchev–Trinajstić information content (AvgIpc) is 2.31. The van der Waals surface area contributed by atoms with Gasteiger partial charge in [-0.1, -0.05) is 15.9 Å². The monoisotopic (exact) mass is 360 g/mol. The molecule has 0 spiro atoms. The van der Waals surface area contributed by atoms with Gasteiger partial charge in [0.1, 0.15) is 5.75 Å². The van der Waals surface area contributed by atoms with Gasteiger partial charge < -0.3 is 15.4 Å². The molecule has 0 saturated carbocycles. The zero-order chi connectivity index (χ0) is 13.2. The Morgan fingerprint density at radius 2 is 2.00 bits per heavy atom. The molecular formula is C11H13BrClF3N2O. The summed E-state index contributed by atoms with van der Waals surface area (Å²) < 4.78 is 41.7. The molecule has 3 nitrogen and oxygen atoms in total. The molecule has 1 aliphatic rings. The highest BCUT2D eigenvalue weighted by atomic mass is 79.9. The molecule has 0 unspecified atom stereocenters. The zero-order valence-electron chi connectivity index (χ0n) is 9.76. The normalized spacial score (nSPS) is 19.7. The fourth-order valence-corrected chi connectivity index (χ4v) is 2.26. The van der Waals surface area contributed by atoms with E-state index in [1.165, 1.54) is 12.1 Å². The molecule has 1 saturated heterocycles. The Hall–Kier alpha value is -0.500. The maximum atomic E-state index is 12.3. The lowest BCUT2D eigenvalue weighted by Crippen LogP contribution is -2.42. The van der Waals surface area contributed by atoms with E-state index in [0.29, 0.717) is 18.7 Å². The number of nitrogens with one attached hydrogen (secondary N) is 2. The van der Waals surface area contributed by atoms with E-state index in [-0.39, 0.29) is 24.2 Å². The van der Waals surface area contributed by atoms with Crippen molar-refractivity contribution in [2.24, 2.45) is 0 Å². The number of rotatable bonds is 2. The summed E-state index contributed by atoms with van der Waals surface area (Å²) in [5.41, 5.74) is 0.494. The minimum absolute atomic E-state index is 0. The number of benzene rings is 1. The van der Waals surface area contributed by atoms with Crippen LogP contribution in [0.2, 0.25) is 0 Å². The van der Waals surface area contributed by atoms with Crippen LogP contribution >= 0.6 is 28.3 Å². The van der Waals surface area contributed by atoms with Gasteiger partial charge in [0.15, 0.2) is 0 Å². The fourth-order valence-electron chi connectivity index (χ4n) is 1.88. The standard InChI is InChI=1S/C11H12BrF3N2O.ClH/c12-7-1-2-10(18-11(13,14)15)8(5-7)9-6-16-3-4-17-9;/h1-2,5,9,16-17H,3-4,6H2;1H/t9-;/m0./s1. The first-order valence-electron chi connectivity index (χ1n) is 5.45. The maximum absolute atomic E-state index is 12.3. The van der Waals surface area contributed by atoms with Crippen molar-refractivity contribution in [3.63, 3.8) is 0 Å². The molecule has 0 aromatic heterocycles. The van der Waals surface area contributed by atoms with E-state index in [1.54, 1.807) is 6.07 Å². The highest BCUT2D eigenvalue weighted by molar-refractivity contribution is 9.10. The van der Waals surface area contributed by atoms with Crippen LogP contribution < -0.4 is 15.4 Å². The quantitative estimate of drug-likeness (QED) is 0.850. The first-order chi connectivity index (χ1) is 8.46. The molecule has 1 aromatic rings. The molecule has 1 heterocycles. The molecule has 2 rings (SSSR count). The zero-order valence-corrected chi connectivity index (χ0v) is 12.2. The second-order valence-electron chi connectivity index (χ2n) is 3.94. The molecule has 19 heavy (non-hydrogen) atoms. The third-order valence-corrected chi connectivity index (χ3v) is 3.11. The molecule has 0 bridgehead atoms. The van der Waals surface area contributed by atoms with Gasteiger partial charge in [-0.05, 0) is 18.2 Å². The second kappa shape index (κ2) is 6.78. The molecule has 2 N–H and O–H groups in total. The Morgan fingerprint density at radius 3 is 2.58 bits per heavy atom. The lowest BCUT2D eigenvalue weighted by molar-refractivity contribution is -0.275. The summed E-state index contributed by atoms with van der Waals surface area (Å²) in [6.45, 7) is 2.09. The van der Waals surface area contributed by atoms with E-state index in [0.717, 1.165) is 11.0 Å². The number of hydrogen-bond donors (Lipinski definition) is 2. The topological polar surface area (TPSA) is 33.3 Å². The van der Waals surface area contributed by atoms with E-state index in [1.807, 2.05) is 0 Å². The van der Waals surface area contributed by atoms with Crippen molar-refractivity contribution in [1.29, 1.82) is 0 Å². The molecule has 1 aliphatic heterocycles. The van der Waals surface area contributed by atoms with Gasteiger partial charge in [-0.2, -0.15) is 0 Å². The first-order valence-corrected chi connectivity index (χ1v) is 6.24. The number of ether oxygens (including phenoxy) is 1. The molecule has 8 heteroatoms. The highest BCUT2D eigenvalue weighted by Crippen LogP contribution is 2.32. The van der Waals surface area contributed by atoms with Crippen molar-refractivity contribution in [3.8, 4) is 5.75 Å². The van der Waals surface area contributed by atoms with E-state index < -0.39 is 6.36 Å². The van der Waals surface area contributed by atoms with Crippen LogP contribution in [0.1, 0.15) is 11.6 Å². The number of halogens is 5. The Labute approximate surface area is 123 Å². The second-order valence-corrected chi connectivity index (χ2v) is 4.86. The Bertz CT molecular complexity index is 425. The molecule has 0 amide bonds. The number of piperazine rings is 1. The average molecular weight is 362 g/mol. The van der Waals surface area contributed by atoms with Gasteiger partial charge in [0.2, 0.25) is 0 Å². The molecule has 108 valence electrons. The van der Waals surface area contributed by atoms with Crippen LogP contribution in [0.15, 0.2) is 22.7 Å². The van der Waals surface area contributed by atoms with Crippen LogP contribution in [0, 0.1) is 0 Å². The summed E-state index contributed by atoms with van der Waals surface area (Å²) >= 11 is 3.26. The van der Waals surface area contributed by atoms with Crippen molar-refractivity contribution in [2.45, 2.75) is 12.4 Å². The molecule has 1 aromatic carbocycles. The summed E-state index contributed by atoms with van der Waals surface area (Å²) in [5, 5.41) is 6.29. The Kier molecular flexibility index (Phi) is 5.91. The Morgan fingerprint density at radius 1 is 1.26 bits per heavy atom. The highest BCUT2D eigenvalue weighted by Gasteiger charge is 2.33. The molecule has 0 aliphatic carbocycles. The number of hydrogen-bond acceptors (Lipinski definition) is 3. The lowest BCUT2D eigenvalue weighted by Gasteiger charge is -2.26. The van der Waals surface area contributed by atoms with E-state index in [2.05, 4.69) is 31.3 Å². The molecular weight excluding hydrogens is 348 g/mol. The van der Waals surface area contributed by atoms with E-state index in [9.17, 15) is 13.2 Å². The maximum Gasteiger partial charge on any atom is 0.573 e. The van der Waals surface area contributed by atoms with Crippen molar-refractivity contribution in [3.05, 3.63) is 28.2 Å². The van der Waals surface area contributed by atoms with Gasteiger partial charge >= 0.3 is 6.36 Å². The smallest absolute Gasteiger partial charge is 0.405 e. The van der Waals surface area contributed by atoms with Crippen LogP contribution in [0.5, 0.6) is 5.75 Å². The molecule has 1 fully saturated rings. The third-order valence-electron chi connectivity index (χ3n) is 2.61. The predicted molar refractivity (Wildman–Crippen MR) is 71.7 cm³/mol. The minimum Gasteiger partial charge on any atom is -0.405 e. The van der Waals surface area contributed by atoms with Crippen LogP contribution in [-0.4, -0.2) is 26.0 Å². The molecule has 0 radical (unpaired) electrons. The summed E-state index contributed by atoms with van der Waals surface area (Å²) in [5.74, 6) is -0.160. The van der Waals surface area contributed by atoms with E-state index in [4.69, 9.17) is 0 Å². The van der Waals surface area contributed by atoms with Gasteiger partial charge in [-0.15, -0.1) is 25.6 Å². The van der Waals surface area contributed by atoms with Crippen LogP contribution in [0.4, 0.5) is 13.2 Å². The van der Waals surface area contributed by atoms with E-state index >= 15 is 0 Å². The Balaban J connectivity index is 0.00000180. The van der Waals surface area contributed by atoms with Gasteiger partial charge in [0, 0.05) is 35.7 Å². The van der Waals surface area contributed by atoms with Crippen molar-refractivity contribution in [1.82, 2.24) is 10.6 Å². The lowest BCUT2D eigenvalue weighted by atomic mass is 10.0. The summed E-state index contributed by atoms with van der Waals surface area (Å²) in [6, 6.07) is 4.31. The molecule has 1 atom stereocenters.